The molecule has 0 aromatic rings. The molecular weight excluding hydrogens is 184 g/mol. The molecule has 0 saturated carbocycles. The van der Waals surface area contributed by atoms with Crippen molar-refractivity contribution in [2.24, 2.45) is 0 Å². The summed E-state index contributed by atoms with van der Waals surface area (Å²) in [7, 11) is 0.234. The van der Waals surface area contributed by atoms with Gasteiger partial charge in [-0.3, -0.25) is 0 Å². The van der Waals surface area contributed by atoms with Crippen molar-refractivity contribution >= 4 is 32.2 Å². The molecule has 0 nitrogen and oxygen atoms in total. The van der Waals surface area contributed by atoms with Crippen molar-refractivity contribution in [3.8, 4) is 0 Å². The van der Waals surface area contributed by atoms with Crippen LogP contribution in [0.4, 0.5) is 0 Å². The lowest BCUT2D eigenvalue weighted by atomic mass is 10.9. The van der Waals surface area contributed by atoms with Crippen molar-refractivity contribution in [3.05, 3.63) is 0 Å². The Labute approximate surface area is 56.7 Å². The maximum Gasteiger partial charge on any atom is 0.114 e. The number of hydrogen-bond donors (Lipinski definition) is 0. The molecule has 0 N–H and O–H groups in total. The fraction of sp³-hybridized carbons (Fsp3) is 1.00. The lowest BCUT2D eigenvalue weighted by Crippen LogP contribution is -2.10. The van der Waals surface area contributed by atoms with Crippen molar-refractivity contribution in [2.45, 2.75) is 24.2 Å². The largest absolute Gasteiger partial charge is 0.131 e. The molecule has 7 heavy (non-hydrogen) atoms. The van der Waals surface area contributed by atoms with Crippen LogP contribution in [0.1, 0.15) is 0 Å². The fourth-order valence-corrected chi connectivity index (χ4v) is 13.4. The van der Waals surface area contributed by atoms with Gasteiger partial charge in [0.25, 0.3) is 0 Å². The predicted molar refractivity (Wildman–Crippen MR) is 43.8 cm³/mol. The molecule has 0 radical (unpaired) electrons. The summed E-state index contributed by atoms with van der Waals surface area (Å²) in [6.07, 6.45) is 0. The summed E-state index contributed by atoms with van der Waals surface area (Å²) in [6, 6.07) is 6.49. The van der Waals surface area contributed by atoms with Crippen LogP contribution in [0.5, 0.6) is 0 Å². The van der Waals surface area contributed by atoms with Crippen molar-refractivity contribution in [2.75, 3.05) is 0 Å². The SMILES string of the molecule is Br[SiH]1CC[SiH2]CC1. The van der Waals surface area contributed by atoms with Crippen LogP contribution in [0.3, 0.4) is 0 Å². The van der Waals surface area contributed by atoms with Gasteiger partial charge in [0.1, 0.15) is 7.42 Å². The lowest BCUT2D eigenvalue weighted by Gasteiger charge is -2.11. The summed E-state index contributed by atoms with van der Waals surface area (Å²) in [4.78, 5) is 0. The molecular formula is C4H11BrSi2. The number of hydrogen-bond acceptors (Lipinski definition) is 0. The molecule has 1 aliphatic rings. The van der Waals surface area contributed by atoms with Crippen molar-refractivity contribution in [1.82, 2.24) is 0 Å². The van der Waals surface area contributed by atoms with Crippen LogP contribution in [-0.4, -0.2) is 16.9 Å². The molecule has 1 aliphatic heterocycles. The van der Waals surface area contributed by atoms with Gasteiger partial charge in [0.2, 0.25) is 0 Å². The summed E-state index contributed by atoms with van der Waals surface area (Å²) >= 11 is 3.75. The first kappa shape index (κ1) is 6.04. The van der Waals surface area contributed by atoms with Crippen LogP contribution in [-0.2, 0) is 0 Å². The third kappa shape index (κ3) is 2.10. The Morgan fingerprint density at radius 2 is 1.86 bits per heavy atom. The monoisotopic (exact) mass is 194 g/mol. The highest BCUT2D eigenvalue weighted by molar-refractivity contribution is 9.24. The Morgan fingerprint density at radius 1 is 1.29 bits per heavy atom. The molecule has 3 heteroatoms. The Hall–Kier alpha value is 0.914. The summed E-state index contributed by atoms with van der Waals surface area (Å²) in [5, 5.41) is 0. The second-order valence-corrected chi connectivity index (χ2v) is 10.6. The van der Waals surface area contributed by atoms with Crippen molar-refractivity contribution in [1.29, 1.82) is 0 Å². The molecule has 1 rings (SSSR count). The van der Waals surface area contributed by atoms with Crippen LogP contribution in [0, 0.1) is 0 Å². The summed E-state index contributed by atoms with van der Waals surface area (Å²) in [5.41, 5.74) is 0. The van der Waals surface area contributed by atoms with Crippen LogP contribution >= 0.6 is 15.3 Å². The van der Waals surface area contributed by atoms with E-state index in [9.17, 15) is 0 Å². The summed E-state index contributed by atoms with van der Waals surface area (Å²) in [6.45, 7) is 0. The molecule has 0 aliphatic carbocycles. The zero-order valence-electron chi connectivity index (χ0n) is 4.49. The smallest absolute Gasteiger partial charge is 0.114 e. The number of rotatable bonds is 0. The Kier molecular flexibility index (Phi) is 2.63. The number of halogens is 1. The highest BCUT2D eigenvalue weighted by Gasteiger charge is 2.10. The van der Waals surface area contributed by atoms with Crippen LogP contribution in [0.2, 0.25) is 24.2 Å². The van der Waals surface area contributed by atoms with E-state index >= 15 is 0 Å². The van der Waals surface area contributed by atoms with Crippen LogP contribution < -0.4 is 0 Å². The summed E-state index contributed by atoms with van der Waals surface area (Å²) < 4.78 is 0. The van der Waals surface area contributed by atoms with E-state index in [0.29, 0.717) is 9.52 Å². The molecule has 0 bridgehead atoms. The molecule has 42 valence electrons. The Morgan fingerprint density at radius 3 is 2.14 bits per heavy atom. The van der Waals surface area contributed by atoms with Gasteiger partial charge in [0.15, 0.2) is 0 Å². The van der Waals surface area contributed by atoms with Crippen molar-refractivity contribution < 1.29 is 0 Å². The van der Waals surface area contributed by atoms with Gasteiger partial charge in [0, 0.05) is 9.52 Å². The average molecular weight is 195 g/mol. The van der Waals surface area contributed by atoms with E-state index in [1.165, 1.54) is 0 Å². The van der Waals surface area contributed by atoms with E-state index in [0.717, 1.165) is 0 Å². The minimum atomic E-state index is -0.247. The fourth-order valence-electron chi connectivity index (χ4n) is 1.05. The second-order valence-electron chi connectivity index (χ2n) is 2.24. The Bertz CT molecular complexity index is 51.7. The van der Waals surface area contributed by atoms with Crippen LogP contribution in [0.25, 0.3) is 0 Å². The van der Waals surface area contributed by atoms with E-state index < -0.39 is 0 Å². The molecule has 1 fully saturated rings. The summed E-state index contributed by atoms with van der Waals surface area (Å²) in [5.74, 6) is 0. The molecule has 1 saturated heterocycles. The minimum absolute atomic E-state index is 0.247. The Balaban J connectivity index is 2.12. The highest BCUT2D eigenvalue weighted by Crippen LogP contribution is 2.18. The van der Waals surface area contributed by atoms with Gasteiger partial charge in [-0.1, -0.05) is 24.2 Å². The molecule has 0 spiro atoms. The van der Waals surface area contributed by atoms with Gasteiger partial charge in [0.05, 0.1) is 0 Å². The molecule has 0 unspecified atom stereocenters. The quantitative estimate of drug-likeness (QED) is 0.401. The standard InChI is InChI=1S/C4H11BrSi2/c5-7-3-1-6-2-4-7/h7H,1-4,6H2. The van der Waals surface area contributed by atoms with Gasteiger partial charge in [-0.2, -0.15) is 0 Å². The molecule has 1 heterocycles. The minimum Gasteiger partial charge on any atom is -0.131 e. The zero-order valence-corrected chi connectivity index (χ0v) is 8.65. The van der Waals surface area contributed by atoms with E-state index in [1.807, 2.05) is 0 Å². The van der Waals surface area contributed by atoms with E-state index in [1.54, 1.807) is 24.2 Å². The van der Waals surface area contributed by atoms with Gasteiger partial charge in [-0.25, -0.2) is 0 Å². The highest BCUT2D eigenvalue weighted by atomic mass is 79.9. The maximum atomic E-state index is 3.75. The average Bonchev–Trinajstić information content (AvgIpc) is 1.69. The topological polar surface area (TPSA) is 0 Å². The van der Waals surface area contributed by atoms with Crippen LogP contribution in [0.15, 0.2) is 0 Å². The maximum absolute atomic E-state index is 3.75. The van der Waals surface area contributed by atoms with E-state index in [4.69, 9.17) is 0 Å². The lowest BCUT2D eigenvalue weighted by molar-refractivity contribution is 1.24. The second kappa shape index (κ2) is 3.04. The van der Waals surface area contributed by atoms with Gasteiger partial charge in [-0.15, -0.1) is 15.3 Å². The first-order valence-electron chi connectivity index (χ1n) is 3.03. The first-order valence-corrected chi connectivity index (χ1v) is 9.85. The third-order valence-electron chi connectivity index (χ3n) is 1.53. The van der Waals surface area contributed by atoms with Gasteiger partial charge >= 0.3 is 0 Å². The molecule has 0 aromatic carbocycles. The predicted octanol–water partition coefficient (Wildman–Crippen LogP) is 1.12. The molecule has 0 atom stereocenters. The molecule has 0 aromatic heterocycles. The normalized spacial score (nSPS) is 36.4. The van der Waals surface area contributed by atoms with E-state index in [2.05, 4.69) is 15.3 Å². The van der Waals surface area contributed by atoms with Crippen molar-refractivity contribution in [3.63, 3.8) is 0 Å². The van der Waals surface area contributed by atoms with Gasteiger partial charge in [-0.05, 0) is 0 Å². The molecule has 0 amide bonds. The van der Waals surface area contributed by atoms with Gasteiger partial charge < -0.3 is 0 Å². The van der Waals surface area contributed by atoms with E-state index in [-0.39, 0.29) is 7.42 Å². The third-order valence-corrected chi connectivity index (χ3v) is 9.80. The first-order chi connectivity index (χ1) is 3.39. The zero-order chi connectivity index (χ0) is 5.11.